The first kappa shape index (κ1) is 23.2. The first-order valence-electron chi connectivity index (χ1n) is 10.7. The number of carboxylic acid groups (broad SMARTS) is 1. The molecular weight excluding hydrogens is 370 g/mol. The van der Waals surface area contributed by atoms with Gasteiger partial charge in [0.05, 0.1) is 0 Å². The second kappa shape index (κ2) is 14.0. The number of piperidine rings is 2. The van der Waals surface area contributed by atoms with Crippen LogP contribution in [0, 0.1) is 5.92 Å². The zero-order valence-electron chi connectivity index (χ0n) is 17.0. The van der Waals surface area contributed by atoms with E-state index >= 15 is 0 Å². The molecule has 2 fully saturated rings. The van der Waals surface area contributed by atoms with Crippen molar-refractivity contribution in [3.8, 4) is 0 Å². The molecule has 5 nitrogen and oxygen atoms in total. The molecule has 0 bridgehead atoms. The highest BCUT2D eigenvalue weighted by Gasteiger charge is 2.16. The SMILES string of the molecule is C1CCN(CCC2CCNCC2)CC1.O=C(O)[C@@H](CS)NCc1ccccc1. The van der Waals surface area contributed by atoms with E-state index in [-0.39, 0.29) is 0 Å². The van der Waals surface area contributed by atoms with E-state index in [1.807, 2.05) is 30.3 Å². The van der Waals surface area contributed by atoms with Crippen molar-refractivity contribution in [3.63, 3.8) is 0 Å². The highest BCUT2D eigenvalue weighted by Crippen LogP contribution is 2.17. The van der Waals surface area contributed by atoms with Crippen molar-refractivity contribution in [3.05, 3.63) is 35.9 Å². The number of thiol groups is 1. The maximum atomic E-state index is 10.6. The Labute approximate surface area is 175 Å². The molecule has 0 saturated carbocycles. The van der Waals surface area contributed by atoms with Gasteiger partial charge in [0.25, 0.3) is 0 Å². The van der Waals surface area contributed by atoms with Crippen molar-refractivity contribution in [2.24, 2.45) is 5.92 Å². The van der Waals surface area contributed by atoms with Crippen LogP contribution in [0.1, 0.15) is 44.1 Å². The summed E-state index contributed by atoms with van der Waals surface area (Å²) in [5.41, 5.74) is 1.07. The number of benzene rings is 1. The number of nitrogens with zero attached hydrogens (tertiary/aromatic N) is 1. The smallest absolute Gasteiger partial charge is 0.321 e. The van der Waals surface area contributed by atoms with Crippen LogP contribution in [-0.2, 0) is 11.3 Å². The monoisotopic (exact) mass is 407 g/mol. The Hall–Kier alpha value is -1.08. The van der Waals surface area contributed by atoms with Crippen molar-refractivity contribution in [2.45, 2.75) is 51.1 Å². The molecule has 0 radical (unpaired) electrons. The van der Waals surface area contributed by atoms with E-state index in [2.05, 4.69) is 28.2 Å². The first-order valence-corrected chi connectivity index (χ1v) is 11.4. The number of likely N-dealkylation sites (tertiary alicyclic amines) is 1. The molecule has 2 aliphatic rings. The number of rotatable bonds is 8. The van der Waals surface area contributed by atoms with Gasteiger partial charge >= 0.3 is 5.97 Å². The summed E-state index contributed by atoms with van der Waals surface area (Å²) in [6, 6.07) is 9.09. The third kappa shape index (κ3) is 9.41. The third-order valence-electron chi connectivity index (χ3n) is 5.64. The van der Waals surface area contributed by atoms with Crippen LogP contribution in [0.3, 0.4) is 0 Å². The number of nitrogens with one attached hydrogen (secondary N) is 2. The Bertz CT molecular complexity index is 514. The fourth-order valence-electron chi connectivity index (χ4n) is 3.79. The van der Waals surface area contributed by atoms with E-state index in [0.717, 1.165) is 11.5 Å². The molecule has 158 valence electrons. The molecule has 2 heterocycles. The van der Waals surface area contributed by atoms with Crippen molar-refractivity contribution in [2.75, 3.05) is 38.5 Å². The molecule has 0 spiro atoms. The van der Waals surface area contributed by atoms with Gasteiger partial charge in [-0.05, 0) is 76.3 Å². The standard InChI is InChI=1S/C12H24N2.C10H13NO2S/c1-2-9-14(10-3-1)11-6-12-4-7-13-8-5-12;12-10(13)9(7-14)11-6-8-4-2-1-3-5-8/h12-13H,1-11H2;1-5,9,11,14H,6-7H2,(H,12,13)/t;9-/m.1/s1. The molecule has 0 unspecified atom stereocenters. The Morgan fingerprint density at radius 3 is 2.46 bits per heavy atom. The summed E-state index contributed by atoms with van der Waals surface area (Å²) in [6.45, 7) is 7.16. The lowest BCUT2D eigenvalue weighted by Crippen LogP contribution is -2.37. The Morgan fingerprint density at radius 2 is 1.86 bits per heavy atom. The van der Waals surface area contributed by atoms with Gasteiger partial charge in [-0.2, -0.15) is 12.6 Å². The Balaban J connectivity index is 0.000000200. The van der Waals surface area contributed by atoms with Gasteiger partial charge in [0.2, 0.25) is 0 Å². The van der Waals surface area contributed by atoms with Gasteiger partial charge in [0.15, 0.2) is 0 Å². The average Bonchev–Trinajstić information content (AvgIpc) is 2.75. The molecule has 3 N–H and O–H groups in total. The van der Waals surface area contributed by atoms with Gasteiger partial charge in [-0.25, -0.2) is 0 Å². The predicted octanol–water partition coefficient (Wildman–Crippen LogP) is 3.02. The van der Waals surface area contributed by atoms with Gasteiger partial charge in [-0.15, -0.1) is 0 Å². The lowest BCUT2D eigenvalue weighted by atomic mass is 9.94. The Kier molecular flexibility index (Phi) is 11.6. The van der Waals surface area contributed by atoms with Gasteiger partial charge < -0.3 is 15.3 Å². The second-order valence-corrected chi connectivity index (χ2v) is 8.19. The highest BCUT2D eigenvalue weighted by atomic mass is 32.1. The lowest BCUT2D eigenvalue weighted by molar-refractivity contribution is -0.138. The third-order valence-corrected chi connectivity index (χ3v) is 6.00. The number of carboxylic acids is 1. The molecule has 2 saturated heterocycles. The van der Waals surface area contributed by atoms with Gasteiger partial charge in [0.1, 0.15) is 6.04 Å². The molecular formula is C22H37N3O2S. The second-order valence-electron chi connectivity index (χ2n) is 7.82. The van der Waals surface area contributed by atoms with E-state index in [1.54, 1.807) is 0 Å². The highest BCUT2D eigenvalue weighted by molar-refractivity contribution is 7.80. The first-order chi connectivity index (χ1) is 13.7. The van der Waals surface area contributed by atoms with Crippen LogP contribution in [0.4, 0.5) is 0 Å². The maximum absolute atomic E-state index is 10.6. The largest absolute Gasteiger partial charge is 0.480 e. The number of aliphatic carboxylic acids is 1. The zero-order valence-corrected chi connectivity index (χ0v) is 17.9. The van der Waals surface area contributed by atoms with Crippen LogP contribution in [0.25, 0.3) is 0 Å². The summed E-state index contributed by atoms with van der Waals surface area (Å²) in [4.78, 5) is 13.3. The van der Waals surface area contributed by atoms with Gasteiger partial charge in [-0.3, -0.25) is 10.1 Å². The van der Waals surface area contributed by atoms with E-state index < -0.39 is 12.0 Å². The summed E-state index contributed by atoms with van der Waals surface area (Å²) in [6.07, 6.45) is 8.60. The van der Waals surface area contributed by atoms with E-state index in [1.165, 1.54) is 71.2 Å². The molecule has 0 aliphatic carbocycles. The van der Waals surface area contributed by atoms with Crippen molar-refractivity contribution >= 4 is 18.6 Å². The molecule has 0 amide bonds. The van der Waals surface area contributed by atoms with Crippen LogP contribution in [0.5, 0.6) is 0 Å². The summed E-state index contributed by atoms with van der Waals surface area (Å²) in [5, 5.41) is 15.1. The quantitative estimate of drug-likeness (QED) is 0.499. The average molecular weight is 408 g/mol. The fourth-order valence-corrected chi connectivity index (χ4v) is 4.07. The summed E-state index contributed by atoms with van der Waals surface area (Å²) >= 11 is 3.96. The van der Waals surface area contributed by atoms with Gasteiger partial charge in [0, 0.05) is 12.3 Å². The summed E-state index contributed by atoms with van der Waals surface area (Å²) < 4.78 is 0. The van der Waals surface area contributed by atoms with Crippen molar-refractivity contribution in [1.82, 2.24) is 15.5 Å². The minimum absolute atomic E-state index is 0.294. The van der Waals surface area contributed by atoms with Crippen molar-refractivity contribution < 1.29 is 9.90 Å². The van der Waals surface area contributed by atoms with Crippen LogP contribution in [-0.4, -0.2) is 60.5 Å². The molecule has 6 heteroatoms. The molecule has 2 aliphatic heterocycles. The van der Waals surface area contributed by atoms with E-state index in [9.17, 15) is 4.79 Å². The lowest BCUT2D eigenvalue weighted by Gasteiger charge is -2.29. The number of hydrogen-bond donors (Lipinski definition) is 4. The molecule has 1 aromatic carbocycles. The van der Waals surface area contributed by atoms with E-state index in [4.69, 9.17) is 5.11 Å². The fraction of sp³-hybridized carbons (Fsp3) is 0.682. The minimum Gasteiger partial charge on any atom is -0.480 e. The molecule has 1 aromatic rings. The van der Waals surface area contributed by atoms with Crippen LogP contribution in [0.2, 0.25) is 0 Å². The number of carbonyl (C=O) groups is 1. The molecule has 1 atom stereocenters. The zero-order chi connectivity index (χ0) is 20.0. The van der Waals surface area contributed by atoms with Gasteiger partial charge in [-0.1, -0.05) is 36.8 Å². The molecule has 3 rings (SSSR count). The summed E-state index contributed by atoms with van der Waals surface area (Å²) in [5.74, 6) is 0.441. The van der Waals surface area contributed by atoms with Crippen LogP contribution in [0.15, 0.2) is 30.3 Å². The minimum atomic E-state index is -0.865. The topological polar surface area (TPSA) is 64.6 Å². The van der Waals surface area contributed by atoms with Crippen LogP contribution < -0.4 is 10.6 Å². The van der Waals surface area contributed by atoms with Crippen molar-refractivity contribution in [1.29, 1.82) is 0 Å². The maximum Gasteiger partial charge on any atom is 0.321 e. The summed E-state index contributed by atoms with van der Waals surface area (Å²) in [7, 11) is 0. The Morgan fingerprint density at radius 1 is 1.18 bits per heavy atom. The number of hydrogen-bond acceptors (Lipinski definition) is 5. The molecule has 0 aromatic heterocycles. The normalized spacial score (nSPS) is 19.5. The van der Waals surface area contributed by atoms with E-state index in [0.29, 0.717) is 12.3 Å². The molecule has 28 heavy (non-hydrogen) atoms. The predicted molar refractivity (Wildman–Crippen MR) is 119 cm³/mol. The van der Waals surface area contributed by atoms with Crippen LogP contribution >= 0.6 is 12.6 Å².